The van der Waals surface area contributed by atoms with Gasteiger partial charge >= 0.3 is 5.97 Å². The Morgan fingerprint density at radius 3 is 2.91 bits per heavy atom. The van der Waals surface area contributed by atoms with Crippen LogP contribution in [0.1, 0.15) is 12.5 Å². The number of ether oxygens (including phenoxy) is 4. The molecule has 0 radical (unpaired) electrons. The van der Waals surface area contributed by atoms with Gasteiger partial charge in [-0.1, -0.05) is 0 Å². The molecule has 0 unspecified atom stereocenters. The zero-order valence-corrected chi connectivity index (χ0v) is 18.5. The highest BCUT2D eigenvalue weighted by molar-refractivity contribution is 6.26. The van der Waals surface area contributed by atoms with Gasteiger partial charge in [-0.3, -0.25) is 4.79 Å². The lowest BCUT2D eigenvalue weighted by Crippen LogP contribution is -2.16. The zero-order chi connectivity index (χ0) is 24.1. The first-order valence-corrected chi connectivity index (χ1v) is 10.5. The Labute approximate surface area is 194 Å². The number of methoxy groups -OCH3 is 1. The number of halogens is 1. The third-order valence-corrected chi connectivity index (χ3v) is 4.88. The highest BCUT2D eigenvalue weighted by Crippen LogP contribution is 2.31. The number of benzene rings is 1. The van der Waals surface area contributed by atoms with Crippen LogP contribution in [0.15, 0.2) is 59.9 Å². The Morgan fingerprint density at radius 1 is 1.29 bits per heavy atom. The number of pyridine rings is 1. The number of aromatic nitrogens is 2. The number of nitrogens with one attached hydrogen (secondary N) is 2. The molecule has 0 spiro atoms. The van der Waals surface area contributed by atoms with Crippen molar-refractivity contribution in [3.8, 4) is 5.75 Å². The molecule has 0 amide bonds. The second-order valence-electron chi connectivity index (χ2n) is 7.12. The number of rotatable bonds is 9. The number of H-pyrrole nitrogens is 1. The van der Waals surface area contributed by atoms with Gasteiger partial charge in [-0.25, -0.2) is 14.2 Å². The highest BCUT2D eigenvalue weighted by atomic mass is 19.1. The van der Waals surface area contributed by atoms with Crippen LogP contribution in [-0.4, -0.2) is 48.7 Å². The SMILES string of the molecule is CCOC(=O)C1=C(Nc2ccc(OCCOC)cc2F)OC(=Cc2c[nH]c3ncccc23)C1=O. The van der Waals surface area contributed by atoms with Crippen LogP contribution in [0.2, 0.25) is 0 Å². The lowest BCUT2D eigenvalue weighted by Gasteiger charge is -2.11. The van der Waals surface area contributed by atoms with Gasteiger partial charge in [0.05, 0.1) is 18.9 Å². The van der Waals surface area contributed by atoms with E-state index in [1.165, 1.54) is 31.4 Å². The van der Waals surface area contributed by atoms with Gasteiger partial charge in [-0.2, -0.15) is 0 Å². The van der Waals surface area contributed by atoms with Crippen molar-refractivity contribution in [1.82, 2.24) is 9.97 Å². The summed E-state index contributed by atoms with van der Waals surface area (Å²) in [5, 5.41) is 3.45. The summed E-state index contributed by atoms with van der Waals surface area (Å²) in [6, 6.07) is 7.71. The summed E-state index contributed by atoms with van der Waals surface area (Å²) < 4.78 is 35.7. The van der Waals surface area contributed by atoms with Gasteiger partial charge < -0.3 is 29.2 Å². The van der Waals surface area contributed by atoms with Crippen LogP contribution in [0.25, 0.3) is 17.1 Å². The summed E-state index contributed by atoms with van der Waals surface area (Å²) in [5.41, 5.74) is 0.901. The van der Waals surface area contributed by atoms with Crippen molar-refractivity contribution in [2.24, 2.45) is 0 Å². The second kappa shape index (κ2) is 10.2. The van der Waals surface area contributed by atoms with Crippen LogP contribution in [0, 0.1) is 5.82 Å². The van der Waals surface area contributed by atoms with E-state index in [1.807, 2.05) is 6.07 Å². The topological polar surface area (TPSA) is 112 Å². The van der Waals surface area contributed by atoms with E-state index >= 15 is 0 Å². The summed E-state index contributed by atoms with van der Waals surface area (Å²) in [6.07, 6.45) is 4.79. The van der Waals surface area contributed by atoms with Crippen LogP contribution in [0.3, 0.4) is 0 Å². The Balaban J connectivity index is 1.62. The molecule has 0 atom stereocenters. The number of Topliss-reactive ketones (excluding diaryl/α,β-unsaturated/α-hetero) is 1. The normalized spacial score (nSPS) is 14.6. The molecular weight excluding hydrogens is 445 g/mol. The summed E-state index contributed by atoms with van der Waals surface area (Å²) in [4.78, 5) is 32.7. The molecule has 2 N–H and O–H groups in total. The van der Waals surface area contributed by atoms with Crippen LogP contribution >= 0.6 is 0 Å². The number of esters is 1. The number of nitrogens with zero attached hydrogens (tertiary/aromatic N) is 1. The number of ketones is 1. The molecule has 1 aliphatic heterocycles. The van der Waals surface area contributed by atoms with E-state index in [9.17, 15) is 14.0 Å². The number of fused-ring (bicyclic) bond motifs is 1. The van der Waals surface area contributed by atoms with Gasteiger partial charge in [0.15, 0.2) is 11.3 Å². The Morgan fingerprint density at radius 2 is 2.15 bits per heavy atom. The number of allylic oxidation sites excluding steroid dienone is 1. The van der Waals surface area contributed by atoms with Crippen LogP contribution in [-0.2, 0) is 23.8 Å². The molecule has 3 aromatic rings. The van der Waals surface area contributed by atoms with Gasteiger partial charge in [0.2, 0.25) is 11.7 Å². The monoisotopic (exact) mass is 467 g/mol. The molecule has 2 aromatic heterocycles. The van der Waals surface area contributed by atoms with Crippen molar-refractivity contribution in [2.75, 3.05) is 32.2 Å². The predicted molar refractivity (Wildman–Crippen MR) is 121 cm³/mol. The molecule has 10 heteroatoms. The molecule has 176 valence electrons. The first-order valence-electron chi connectivity index (χ1n) is 10.5. The molecule has 1 aliphatic rings. The van der Waals surface area contributed by atoms with E-state index < -0.39 is 17.6 Å². The van der Waals surface area contributed by atoms with Gasteiger partial charge in [-0.15, -0.1) is 0 Å². The van der Waals surface area contributed by atoms with Crippen molar-refractivity contribution >= 4 is 34.5 Å². The number of anilines is 1. The minimum atomic E-state index is -0.876. The lowest BCUT2D eigenvalue weighted by molar-refractivity contribution is -0.139. The molecule has 0 aliphatic carbocycles. The quantitative estimate of drug-likeness (QED) is 0.213. The van der Waals surface area contributed by atoms with Crippen molar-refractivity contribution in [2.45, 2.75) is 6.92 Å². The van der Waals surface area contributed by atoms with E-state index in [1.54, 1.807) is 25.4 Å². The van der Waals surface area contributed by atoms with E-state index in [-0.39, 0.29) is 36.1 Å². The third-order valence-electron chi connectivity index (χ3n) is 4.88. The fourth-order valence-corrected chi connectivity index (χ4v) is 3.30. The van der Waals surface area contributed by atoms with Crippen LogP contribution in [0.5, 0.6) is 5.75 Å². The Hall–Kier alpha value is -4.18. The van der Waals surface area contributed by atoms with Crippen molar-refractivity contribution < 1.29 is 32.9 Å². The fraction of sp³-hybridized carbons (Fsp3) is 0.208. The average Bonchev–Trinajstić information content (AvgIpc) is 3.37. The third kappa shape index (κ3) is 4.76. The minimum Gasteiger partial charge on any atom is -0.491 e. The van der Waals surface area contributed by atoms with E-state index in [0.29, 0.717) is 23.6 Å². The van der Waals surface area contributed by atoms with Gasteiger partial charge in [0.25, 0.3) is 0 Å². The van der Waals surface area contributed by atoms with Gasteiger partial charge in [0, 0.05) is 36.5 Å². The smallest absolute Gasteiger partial charge is 0.347 e. The lowest BCUT2D eigenvalue weighted by atomic mass is 10.1. The molecule has 34 heavy (non-hydrogen) atoms. The maximum absolute atomic E-state index is 14.7. The maximum Gasteiger partial charge on any atom is 0.347 e. The first-order chi connectivity index (χ1) is 16.5. The highest BCUT2D eigenvalue weighted by Gasteiger charge is 2.37. The van der Waals surface area contributed by atoms with E-state index in [4.69, 9.17) is 18.9 Å². The molecular formula is C24H22FN3O6. The largest absolute Gasteiger partial charge is 0.491 e. The second-order valence-corrected chi connectivity index (χ2v) is 7.12. The summed E-state index contributed by atoms with van der Waals surface area (Å²) in [7, 11) is 1.53. The number of hydrogen-bond acceptors (Lipinski definition) is 8. The molecule has 0 fully saturated rings. The molecule has 3 heterocycles. The molecule has 0 bridgehead atoms. The number of aromatic amines is 1. The molecule has 0 saturated heterocycles. The first kappa shape index (κ1) is 23.0. The maximum atomic E-state index is 14.7. The number of carbonyl (C=O) groups excluding carboxylic acids is 2. The summed E-state index contributed by atoms with van der Waals surface area (Å²) >= 11 is 0. The number of carbonyl (C=O) groups is 2. The van der Waals surface area contributed by atoms with Gasteiger partial charge in [-0.05, 0) is 37.3 Å². The van der Waals surface area contributed by atoms with Gasteiger partial charge in [0.1, 0.15) is 23.8 Å². The molecule has 1 aromatic carbocycles. The Kier molecular flexibility index (Phi) is 6.88. The molecule has 9 nitrogen and oxygen atoms in total. The fourth-order valence-electron chi connectivity index (χ4n) is 3.30. The Bertz CT molecular complexity index is 1300. The standard InChI is InChI=1S/C24H22FN3O6/c1-3-32-24(30)20-21(29)19(11-14-13-27-22-16(14)5-4-8-26-22)34-23(20)28-18-7-6-15(12-17(18)25)33-10-9-31-2/h4-8,11-13,28H,3,9-10H2,1-2H3,(H,26,27). The summed E-state index contributed by atoms with van der Waals surface area (Å²) in [6.45, 7) is 2.28. The predicted octanol–water partition coefficient (Wildman–Crippen LogP) is 3.55. The number of hydrogen-bond donors (Lipinski definition) is 2. The van der Waals surface area contributed by atoms with Crippen LogP contribution in [0.4, 0.5) is 10.1 Å². The van der Waals surface area contributed by atoms with E-state index in [0.717, 1.165) is 5.39 Å². The average molecular weight is 467 g/mol. The minimum absolute atomic E-state index is 0.0127. The van der Waals surface area contributed by atoms with Crippen LogP contribution < -0.4 is 10.1 Å². The van der Waals surface area contributed by atoms with Crippen molar-refractivity contribution in [1.29, 1.82) is 0 Å². The van der Waals surface area contributed by atoms with Crippen molar-refractivity contribution in [3.05, 3.63) is 71.3 Å². The zero-order valence-electron chi connectivity index (χ0n) is 18.5. The van der Waals surface area contributed by atoms with Crippen molar-refractivity contribution in [3.63, 3.8) is 0 Å². The van der Waals surface area contributed by atoms with E-state index in [2.05, 4.69) is 15.3 Å². The molecule has 4 rings (SSSR count). The molecule has 0 saturated carbocycles. The summed E-state index contributed by atoms with van der Waals surface area (Å²) in [5.74, 6) is -2.26.